The Kier molecular flexibility index (Phi) is 5.92. The largest absolute Gasteiger partial charge is 0.344 e. The second kappa shape index (κ2) is 8.55. The first-order valence-corrected chi connectivity index (χ1v) is 11.6. The summed E-state index contributed by atoms with van der Waals surface area (Å²) in [5, 5.41) is 4.90. The van der Waals surface area contributed by atoms with Crippen LogP contribution in [0.2, 0.25) is 0 Å². The van der Waals surface area contributed by atoms with Crippen molar-refractivity contribution in [1.82, 2.24) is 15.5 Å². The molecule has 2 aliphatic rings. The number of hydrogen-bond donors (Lipinski definition) is 2. The van der Waals surface area contributed by atoms with E-state index in [-0.39, 0.29) is 36.7 Å². The van der Waals surface area contributed by atoms with Gasteiger partial charge >= 0.3 is 0 Å². The van der Waals surface area contributed by atoms with Crippen LogP contribution in [0.3, 0.4) is 0 Å². The van der Waals surface area contributed by atoms with Crippen LogP contribution in [-0.2, 0) is 32.9 Å². The highest BCUT2D eigenvalue weighted by Crippen LogP contribution is 2.33. The Hall–Kier alpha value is -3.33. The van der Waals surface area contributed by atoms with E-state index < -0.39 is 23.6 Å². The number of nitrogens with one attached hydrogen (secondary N) is 2. The van der Waals surface area contributed by atoms with Crippen molar-refractivity contribution in [3.63, 3.8) is 0 Å². The van der Waals surface area contributed by atoms with Gasteiger partial charge in [0.1, 0.15) is 6.04 Å². The lowest BCUT2D eigenvalue weighted by molar-refractivity contribution is -0.137. The summed E-state index contributed by atoms with van der Waals surface area (Å²) in [6.07, 6.45) is 0.519. The Morgan fingerprint density at radius 3 is 2.45 bits per heavy atom. The molecule has 0 aliphatic carbocycles. The predicted molar refractivity (Wildman–Crippen MR) is 122 cm³/mol. The van der Waals surface area contributed by atoms with Crippen molar-refractivity contribution in [3.8, 4) is 0 Å². The van der Waals surface area contributed by atoms with Gasteiger partial charge in [0.2, 0.25) is 17.6 Å². The van der Waals surface area contributed by atoms with Crippen molar-refractivity contribution >= 4 is 40.7 Å². The van der Waals surface area contributed by atoms with Gasteiger partial charge in [-0.2, -0.15) is 0 Å². The summed E-state index contributed by atoms with van der Waals surface area (Å²) < 4.78 is 0. The number of imide groups is 1. The lowest BCUT2D eigenvalue weighted by atomic mass is 9.86. The van der Waals surface area contributed by atoms with Gasteiger partial charge in [0.15, 0.2) is 0 Å². The van der Waals surface area contributed by atoms with E-state index >= 15 is 0 Å². The van der Waals surface area contributed by atoms with Crippen molar-refractivity contribution < 1.29 is 24.0 Å². The second-order valence-corrected chi connectivity index (χ2v) is 10.4. The minimum Gasteiger partial charge on any atom is -0.344 e. The predicted octanol–water partition coefficient (Wildman–Crippen LogP) is 2.31. The minimum absolute atomic E-state index is 0.0470. The van der Waals surface area contributed by atoms with Gasteiger partial charge < -0.3 is 10.2 Å². The molecule has 2 aliphatic heterocycles. The molecule has 0 radical (unpaired) electrons. The highest BCUT2D eigenvalue weighted by atomic mass is 32.1. The van der Waals surface area contributed by atoms with E-state index in [0.29, 0.717) is 16.9 Å². The summed E-state index contributed by atoms with van der Waals surface area (Å²) in [6.45, 7) is 6.63. The fraction of sp³-hybridized carbons (Fsp3) is 0.375. The monoisotopic (exact) mass is 467 g/mol. The molecule has 0 saturated carbocycles. The van der Waals surface area contributed by atoms with Gasteiger partial charge in [0.05, 0.1) is 11.4 Å². The third-order valence-electron chi connectivity index (χ3n) is 5.88. The third-order valence-corrected chi connectivity index (χ3v) is 7.05. The van der Waals surface area contributed by atoms with Crippen molar-refractivity contribution in [3.05, 3.63) is 56.8 Å². The number of Topliss-reactive ketones (excluding diaryl/α,β-unsaturated/α-hetero) is 1. The van der Waals surface area contributed by atoms with Crippen molar-refractivity contribution in [2.45, 2.75) is 58.2 Å². The number of amides is 4. The number of benzene rings is 1. The molecule has 1 atom stereocenters. The molecule has 33 heavy (non-hydrogen) atoms. The zero-order valence-corrected chi connectivity index (χ0v) is 19.5. The number of nitrogens with zero attached hydrogens (tertiary/aromatic N) is 1. The Morgan fingerprint density at radius 1 is 1.15 bits per heavy atom. The highest BCUT2D eigenvalue weighted by molar-refractivity contribution is 7.14. The molecule has 4 amide bonds. The van der Waals surface area contributed by atoms with Crippen LogP contribution in [0.25, 0.3) is 0 Å². The molecular weight excluding hydrogens is 442 g/mol. The average Bonchev–Trinajstić information content (AvgIpc) is 3.30. The Balaban J connectivity index is 1.36. The summed E-state index contributed by atoms with van der Waals surface area (Å²) in [5.41, 5.74) is 2.13. The molecule has 1 aromatic heterocycles. The molecule has 1 aromatic carbocycles. The maximum atomic E-state index is 12.8. The van der Waals surface area contributed by atoms with E-state index in [2.05, 4.69) is 31.4 Å². The third kappa shape index (κ3) is 4.59. The molecular formula is C24H25N3O5S. The zero-order chi connectivity index (χ0) is 23.9. The molecule has 9 heteroatoms. The number of carbonyl (C=O) groups excluding carboxylic acids is 5. The minimum atomic E-state index is -0.705. The smallest absolute Gasteiger partial charge is 0.292 e. The van der Waals surface area contributed by atoms with Gasteiger partial charge in [-0.25, -0.2) is 0 Å². The topological polar surface area (TPSA) is 113 Å². The molecule has 1 saturated heterocycles. The first-order chi connectivity index (χ1) is 15.5. The number of carbonyl (C=O) groups is 5. The van der Waals surface area contributed by atoms with Crippen molar-refractivity contribution in [2.75, 3.05) is 0 Å². The van der Waals surface area contributed by atoms with Crippen LogP contribution in [-0.4, -0.2) is 40.4 Å². The van der Waals surface area contributed by atoms with Gasteiger partial charge in [-0.05, 0) is 29.0 Å². The van der Waals surface area contributed by atoms with Gasteiger partial charge in [-0.15, -0.1) is 11.3 Å². The van der Waals surface area contributed by atoms with E-state index in [1.807, 2.05) is 18.2 Å². The van der Waals surface area contributed by atoms with E-state index in [4.69, 9.17) is 0 Å². The SMILES string of the molecule is CC(C)(C)c1ccc(C(=O)C(=O)NCc2cc3c(s2)C(=O)N(C2CCC(=O)NC2=O)C3)cc1. The van der Waals surface area contributed by atoms with E-state index in [0.717, 1.165) is 16.0 Å². The van der Waals surface area contributed by atoms with E-state index in [1.54, 1.807) is 12.1 Å². The standard InChI is InChI=1S/C24H25N3O5S/c1-24(2,3)15-6-4-13(5-7-15)19(29)22(31)25-11-16-10-14-12-27(23(32)20(14)33-16)17-8-9-18(28)26-21(17)30/h4-7,10,17H,8-9,11-12H2,1-3H3,(H,25,31)(H,26,28,30). The normalized spacial score (nSPS) is 18.2. The molecule has 172 valence electrons. The van der Waals surface area contributed by atoms with Gasteiger partial charge in [0.25, 0.3) is 11.8 Å². The first kappa shape index (κ1) is 22.8. The number of fused-ring (bicyclic) bond motifs is 1. The summed E-state index contributed by atoms with van der Waals surface area (Å²) in [6, 6.07) is 8.18. The number of hydrogen-bond acceptors (Lipinski definition) is 6. The lowest BCUT2D eigenvalue weighted by Gasteiger charge is -2.29. The Bertz CT molecular complexity index is 1160. The molecule has 1 fully saturated rings. The summed E-state index contributed by atoms with van der Waals surface area (Å²) in [4.78, 5) is 63.8. The molecule has 2 N–H and O–H groups in total. The fourth-order valence-electron chi connectivity index (χ4n) is 3.99. The zero-order valence-electron chi connectivity index (χ0n) is 18.7. The molecule has 1 unspecified atom stereocenters. The Morgan fingerprint density at radius 2 is 1.85 bits per heavy atom. The number of ketones is 1. The van der Waals surface area contributed by atoms with Crippen LogP contribution in [0.5, 0.6) is 0 Å². The van der Waals surface area contributed by atoms with Crippen molar-refractivity contribution in [2.24, 2.45) is 0 Å². The quantitative estimate of drug-likeness (QED) is 0.398. The molecule has 8 nitrogen and oxygen atoms in total. The van der Waals surface area contributed by atoms with Crippen LogP contribution < -0.4 is 10.6 Å². The summed E-state index contributed by atoms with van der Waals surface area (Å²) >= 11 is 1.24. The van der Waals surface area contributed by atoms with Crippen LogP contribution in [0.15, 0.2) is 30.3 Å². The van der Waals surface area contributed by atoms with E-state index in [9.17, 15) is 24.0 Å². The van der Waals surface area contributed by atoms with Crippen LogP contribution >= 0.6 is 11.3 Å². The first-order valence-electron chi connectivity index (χ1n) is 10.7. The Labute approximate surface area is 195 Å². The summed E-state index contributed by atoms with van der Waals surface area (Å²) in [5.74, 6) is -2.34. The molecule has 0 spiro atoms. The average molecular weight is 468 g/mol. The van der Waals surface area contributed by atoms with Gasteiger partial charge in [-0.1, -0.05) is 45.0 Å². The fourth-order valence-corrected chi connectivity index (χ4v) is 5.06. The highest BCUT2D eigenvalue weighted by Gasteiger charge is 2.40. The molecule has 2 aromatic rings. The van der Waals surface area contributed by atoms with Gasteiger partial charge in [0, 0.05) is 23.4 Å². The van der Waals surface area contributed by atoms with E-state index in [1.165, 1.54) is 16.2 Å². The number of thiophene rings is 1. The molecule has 4 rings (SSSR count). The molecule has 3 heterocycles. The maximum absolute atomic E-state index is 12.8. The van der Waals surface area contributed by atoms with Crippen LogP contribution in [0.4, 0.5) is 0 Å². The van der Waals surface area contributed by atoms with Crippen molar-refractivity contribution in [1.29, 1.82) is 0 Å². The molecule has 0 bridgehead atoms. The van der Waals surface area contributed by atoms with Crippen LogP contribution in [0.1, 0.15) is 69.6 Å². The second-order valence-electron chi connectivity index (χ2n) is 9.31. The number of rotatable bonds is 5. The number of piperidine rings is 1. The lowest BCUT2D eigenvalue weighted by Crippen LogP contribution is -2.52. The summed E-state index contributed by atoms with van der Waals surface area (Å²) in [7, 11) is 0. The van der Waals surface area contributed by atoms with Crippen LogP contribution in [0, 0.1) is 0 Å². The van der Waals surface area contributed by atoms with Gasteiger partial charge in [-0.3, -0.25) is 29.3 Å². The maximum Gasteiger partial charge on any atom is 0.292 e.